The summed E-state index contributed by atoms with van der Waals surface area (Å²) in [7, 11) is 1.73. The minimum absolute atomic E-state index is 0.149. The van der Waals surface area contributed by atoms with Crippen LogP contribution in [-0.4, -0.2) is 12.1 Å². The summed E-state index contributed by atoms with van der Waals surface area (Å²) in [5.74, 6) is 0. The van der Waals surface area contributed by atoms with Gasteiger partial charge in [0.25, 0.3) is 0 Å². The minimum Gasteiger partial charge on any atom is -0.377 e. The molecule has 2 nitrogen and oxygen atoms in total. The van der Waals surface area contributed by atoms with E-state index < -0.39 is 0 Å². The molecule has 0 saturated heterocycles. The molecule has 84 valence electrons. The fourth-order valence-corrected chi connectivity index (χ4v) is 2.13. The highest BCUT2D eigenvalue weighted by molar-refractivity contribution is 6.34. The van der Waals surface area contributed by atoms with Gasteiger partial charge in [0.05, 0.1) is 6.10 Å². The van der Waals surface area contributed by atoms with Gasteiger partial charge in [0.15, 0.2) is 0 Å². The highest BCUT2D eigenvalue weighted by atomic mass is 35.5. The monoisotopic (exact) mass is 235 g/mol. The summed E-state index contributed by atoms with van der Waals surface area (Å²) in [6.07, 6.45) is 2.83. The number of aromatic nitrogens is 1. The molecule has 16 heavy (non-hydrogen) atoms. The van der Waals surface area contributed by atoms with Crippen molar-refractivity contribution in [1.82, 2.24) is 4.98 Å². The molecule has 2 rings (SSSR count). The minimum atomic E-state index is 0.149. The maximum absolute atomic E-state index is 6.01. The molecule has 2 aromatic rings. The van der Waals surface area contributed by atoms with Crippen molar-refractivity contribution < 1.29 is 4.74 Å². The summed E-state index contributed by atoms with van der Waals surface area (Å²) in [6.45, 7) is 2.11. The van der Waals surface area contributed by atoms with Crippen molar-refractivity contribution in [3.8, 4) is 0 Å². The van der Waals surface area contributed by atoms with Crippen molar-refractivity contribution >= 4 is 22.4 Å². The molecular weight excluding hydrogens is 222 g/mol. The molecule has 0 amide bonds. The predicted molar refractivity (Wildman–Crippen MR) is 66.8 cm³/mol. The zero-order chi connectivity index (χ0) is 11.5. The fraction of sp³-hybridized carbons (Fsp3) is 0.308. The molecule has 3 heteroatoms. The Bertz CT molecular complexity index is 494. The maximum atomic E-state index is 6.01. The van der Waals surface area contributed by atoms with Crippen LogP contribution in [0, 0.1) is 0 Å². The van der Waals surface area contributed by atoms with Crippen LogP contribution in [0.1, 0.15) is 25.0 Å². The molecule has 0 bridgehead atoms. The Labute approximate surface area is 100 Å². The standard InChI is InChI=1S/C13H14ClNO/c1-3-12(16-2)10-4-5-11-9(8-10)6-7-15-13(11)14/h4-8,12H,3H2,1-2H3. The first-order valence-electron chi connectivity index (χ1n) is 5.33. The van der Waals surface area contributed by atoms with E-state index in [-0.39, 0.29) is 6.10 Å². The Morgan fingerprint density at radius 3 is 2.88 bits per heavy atom. The summed E-state index contributed by atoms with van der Waals surface area (Å²) in [5, 5.41) is 2.64. The molecule has 0 spiro atoms. The van der Waals surface area contributed by atoms with Crippen LogP contribution >= 0.6 is 11.6 Å². The van der Waals surface area contributed by atoms with Gasteiger partial charge < -0.3 is 4.74 Å². The second-order valence-corrected chi connectivity index (χ2v) is 4.07. The lowest BCUT2D eigenvalue weighted by Gasteiger charge is -2.14. The number of nitrogens with zero attached hydrogens (tertiary/aromatic N) is 1. The average molecular weight is 236 g/mol. The summed E-state index contributed by atoms with van der Waals surface area (Å²) in [5.41, 5.74) is 1.18. The second-order valence-electron chi connectivity index (χ2n) is 3.71. The zero-order valence-corrected chi connectivity index (χ0v) is 10.2. The van der Waals surface area contributed by atoms with Crippen LogP contribution in [0.4, 0.5) is 0 Å². The first-order chi connectivity index (χ1) is 7.76. The van der Waals surface area contributed by atoms with Gasteiger partial charge in [-0.15, -0.1) is 0 Å². The number of benzene rings is 1. The number of halogens is 1. The summed E-state index contributed by atoms with van der Waals surface area (Å²) in [6, 6.07) is 8.13. The van der Waals surface area contributed by atoms with Crippen LogP contribution in [-0.2, 0) is 4.74 Å². The second kappa shape index (κ2) is 4.81. The van der Waals surface area contributed by atoms with Crippen molar-refractivity contribution in [2.45, 2.75) is 19.4 Å². The van der Waals surface area contributed by atoms with Crippen molar-refractivity contribution in [2.75, 3.05) is 7.11 Å². The van der Waals surface area contributed by atoms with E-state index in [2.05, 4.69) is 18.0 Å². The third-order valence-corrected chi connectivity index (χ3v) is 3.07. The lowest BCUT2D eigenvalue weighted by Crippen LogP contribution is -1.99. The molecule has 0 saturated carbocycles. The summed E-state index contributed by atoms with van der Waals surface area (Å²) < 4.78 is 5.42. The van der Waals surface area contributed by atoms with E-state index in [9.17, 15) is 0 Å². The highest BCUT2D eigenvalue weighted by Gasteiger charge is 2.09. The van der Waals surface area contributed by atoms with E-state index in [4.69, 9.17) is 16.3 Å². The number of rotatable bonds is 3. The average Bonchev–Trinajstić information content (AvgIpc) is 2.31. The van der Waals surface area contributed by atoms with E-state index in [0.717, 1.165) is 17.2 Å². The van der Waals surface area contributed by atoms with E-state index in [0.29, 0.717) is 5.15 Å². The van der Waals surface area contributed by atoms with Gasteiger partial charge in [0, 0.05) is 18.7 Å². The molecule has 1 heterocycles. The van der Waals surface area contributed by atoms with Crippen molar-refractivity contribution in [1.29, 1.82) is 0 Å². The van der Waals surface area contributed by atoms with Gasteiger partial charge in [-0.2, -0.15) is 0 Å². The first-order valence-corrected chi connectivity index (χ1v) is 5.71. The first kappa shape index (κ1) is 11.4. The molecule has 0 N–H and O–H groups in total. The van der Waals surface area contributed by atoms with Crippen LogP contribution < -0.4 is 0 Å². The van der Waals surface area contributed by atoms with Crippen LogP contribution in [0.15, 0.2) is 30.5 Å². The van der Waals surface area contributed by atoms with Gasteiger partial charge in [-0.25, -0.2) is 4.98 Å². The number of hydrogen-bond acceptors (Lipinski definition) is 2. The van der Waals surface area contributed by atoms with Gasteiger partial charge in [-0.3, -0.25) is 0 Å². The number of pyridine rings is 1. The zero-order valence-electron chi connectivity index (χ0n) is 9.40. The Morgan fingerprint density at radius 1 is 1.38 bits per heavy atom. The fourth-order valence-electron chi connectivity index (χ4n) is 1.90. The molecule has 1 aromatic heterocycles. The van der Waals surface area contributed by atoms with Crippen LogP contribution in [0.25, 0.3) is 10.8 Å². The largest absolute Gasteiger partial charge is 0.377 e. The summed E-state index contributed by atoms with van der Waals surface area (Å²) in [4.78, 5) is 4.06. The van der Waals surface area contributed by atoms with Gasteiger partial charge in [-0.05, 0) is 29.5 Å². The number of methoxy groups -OCH3 is 1. The van der Waals surface area contributed by atoms with Crippen molar-refractivity contribution in [2.24, 2.45) is 0 Å². The molecule has 0 fully saturated rings. The van der Waals surface area contributed by atoms with E-state index in [1.807, 2.05) is 18.2 Å². The van der Waals surface area contributed by atoms with Crippen molar-refractivity contribution in [3.63, 3.8) is 0 Å². The Kier molecular flexibility index (Phi) is 3.42. The Morgan fingerprint density at radius 2 is 2.19 bits per heavy atom. The molecule has 1 atom stereocenters. The molecule has 0 radical (unpaired) electrons. The normalized spacial score (nSPS) is 12.9. The molecule has 1 unspecified atom stereocenters. The van der Waals surface area contributed by atoms with Gasteiger partial charge in [0.2, 0.25) is 0 Å². The number of fused-ring (bicyclic) bond motifs is 1. The SMILES string of the molecule is CCC(OC)c1ccc2c(Cl)nccc2c1. The van der Waals surface area contributed by atoms with Gasteiger partial charge >= 0.3 is 0 Å². The molecule has 0 aliphatic heterocycles. The number of hydrogen-bond donors (Lipinski definition) is 0. The van der Waals surface area contributed by atoms with Crippen molar-refractivity contribution in [3.05, 3.63) is 41.2 Å². The quantitative estimate of drug-likeness (QED) is 0.751. The third kappa shape index (κ3) is 2.04. The van der Waals surface area contributed by atoms with Crippen LogP contribution in [0.2, 0.25) is 5.15 Å². The maximum Gasteiger partial charge on any atom is 0.136 e. The molecule has 0 aliphatic rings. The highest BCUT2D eigenvalue weighted by Crippen LogP contribution is 2.27. The lowest BCUT2D eigenvalue weighted by molar-refractivity contribution is 0.100. The van der Waals surface area contributed by atoms with E-state index in [1.54, 1.807) is 13.3 Å². The van der Waals surface area contributed by atoms with Gasteiger partial charge in [0.1, 0.15) is 5.15 Å². The summed E-state index contributed by atoms with van der Waals surface area (Å²) >= 11 is 6.01. The van der Waals surface area contributed by atoms with E-state index >= 15 is 0 Å². The molecule has 0 aliphatic carbocycles. The van der Waals surface area contributed by atoms with Crippen LogP contribution in [0.3, 0.4) is 0 Å². The van der Waals surface area contributed by atoms with E-state index in [1.165, 1.54) is 5.56 Å². The smallest absolute Gasteiger partial charge is 0.136 e. The molecular formula is C13H14ClNO. The van der Waals surface area contributed by atoms with Gasteiger partial charge in [-0.1, -0.05) is 30.7 Å². The predicted octanol–water partition coefficient (Wildman–Crippen LogP) is 3.99. The lowest BCUT2D eigenvalue weighted by atomic mass is 10.0. The topological polar surface area (TPSA) is 22.1 Å². The molecule has 1 aromatic carbocycles. The van der Waals surface area contributed by atoms with Crippen LogP contribution in [0.5, 0.6) is 0 Å². The third-order valence-electron chi connectivity index (χ3n) is 2.77. The number of ether oxygens (including phenoxy) is 1. The Hall–Kier alpha value is -1.12. The Balaban J connectivity index is 2.52.